The molecule has 2 aromatic rings. The second-order valence-electron chi connectivity index (χ2n) is 9.93. The highest BCUT2D eigenvalue weighted by molar-refractivity contribution is 6.54. The number of hydrogen-bond donors (Lipinski definition) is 1. The molecule has 1 amide bonds. The number of anilines is 1. The normalized spacial score (nSPS) is 25.2. The lowest BCUT2D eigenvalue weighted by atomic mass is 9.69. The van der Waals surface area contributed by atoms with Crippen molar-refractivity contribution in [2.75, 3.05) is 18.1 Å². The number of nitrogens with two attached hydrogens (primary N) is 1. The molecule has 2 N–H and O–H groups in total. The maximum absolute atomic E-state index is 13.4. The summed E-state index contributed by atoms with van der Waals surface area (Å²) in [6.07, 6.45) is -0.981. The van der Waals surface area contributed by atoms with Crippen LogP contribution in [0.5, 0.6) is 5.88 Å². The summed E-state index contributed by atoms with van der Waals surface area (Å²) in [6.45, 7) is 4.65. The first-order valence-electron chi connectivity index (χ1n) is 11.1. The van der Waals surface area contributed by atoms with Gasteiger partial charge in [-0.15, -0.1) is 5.10 Å². The van der Waals surface area contributed by atoms with Gasteiger partial charge in [-0.05, 0) is 56.3 Å². The molecule has 3 fully saturated rings. The highest BCUT2D eigenvalue weighted by Gasteiger charge is 2.59. The van der Waals surface area contributed by atoms with Crippen LogP contribution < -0.4 is 15.4 Å². The number of nitrogens with zero attached hydrogens (tertiary/aromatic N) is 4. The zero-order valence-corrected chi connectivity index (χ0v) is 19.5. The molecule has 176 valence electrons. The van der Waals surface area contributed by atoms with Gasteiger partial charge in [0.05, 0.1) is 5.56 Å². The molecule has 0 spiro atoms. The molecule has 3 aliphatic rings. The lowest BCUT2D eigenvalue weighted by molar-refractivity contribution is -0.259. The Kier molecular flexibility index (Phi) is 5.04. The third-order valence-corrected chi connectivity index (χ3v) is 8.89. The fraction of sp³-hybridized carbons (Fsp3) is 0.591. The minimum absolute atomic E-state index is 0.0742. The fourth-order valence-corrected chi connectivity index (χ4v) is 6.43. The van der Waals surface area contributed by atoms with E-state index in [4.69, 9.17) is 15.5 Å². The molecular weight excluding hydrogens is 451 g/mol. The number of pyridine rings is 1. The van der Waals surface area contributed by atoms with Crippen molar-refractivity contribution in [3.05, 3.63) is 30.0 Å². The molecule has 2 aromatic heterocycles. The number of amides is 1. The predicted octanol–water partition coefficient (Wildman–Crippen LogP) is 3.76. The van der Waals surface area contributed by atoms with Gasteiger partial charge < -0.3 is 15.4 Å². The predicted molar refractivity (Wildman–Crippen MR) is 117 cm³/mol. The number of hydrogen-bond acceptors (Lipinski definition) is 5. The van der Waals surface area contributed by atoms with Crippen LogP contribution in [0.2, 0.25) is 11.1 Å². The Labute approximate surface area is 192 Å². The largest absolute Gasteiger partial charge is 0.476 e. The number of alkyl halides is 3. The molecule has 7 nitrogen and oxygen atoms in total. The summed E-state index contributed by atoms with van der Waals surface area (Å²) in [4.78, 5) is 19.0. The van der Waals surface area contributed by atoms with E-state index < -0.39 is 24.1 Å². The van der Waals surface area contributed by atoms with Crippen LogP contribution in [0.1, 0.15) is 49.9 Å². The number of rotatable bonds is 6. The fourth-order valence-electron chi connectivity index (χ4n) is 4.87. The SMILES string of the molecule is CC1(C)CC2[Si]C2CN1c1nc(-n2ccc(OCC3(C(F)(F)F)CCC3)n2)ccc1C(N)=O. The molecule has 2 saturated heterocycles. The van der Waals surface area contributed by atoms with Crippen LogP contribution in [0.4, 0.5) is 19.0 Å². The number of carbonyl (C=O) groups is 1. The zero-order chi connectivity index (χ0) is 23.6. The summed E-state index contributed by atoms with van der Waals surface area (Å²) < 4.78 is 47.1. The molecule has 0 bridgehead atoms. The van der Waals surface area contributed by atoms with E-state index in [0.717, 1.165) is 28.0 Å². The standard InChI is InChI=1S/C22H26F3N5O2Si/c1-20(2)10-14-15(33-14)11-29(20)19-13(18(26)31)4-5-16(27-19)30-9-6-17(28-30)32-12-21(7-3-8-21)22(23,24)25/h4-6,9,14-15H,3,7-8,10-12H2,1-2H3,(H2,26,31). The number of halogens is 3. The van der Waals surface area contributed by atoms with E-state index in [1.54, 1.807) is 18.3 Å². The van der Waals surface area contributed by atoms with Crippen molar-refractivity contribution in [2.24, 2.45) is 11.1 Å². The van der Waals surface area contributed by atoms with Crippen molar-refractivity contribution in [2.45, 2.75) is 62.3 Å². The molecule has 0 aromatic carbocycles. The maximum Gasteiger partial charge on any atom is 0.397 e. The Morgan fingerprint density at radius 1 is 1.27 bits per heavy atom. The zero-order valence-electron chi connectivity index (χ0n) is 18.5. The summed E-state index contributed by atoms with van der Waals surface area (Å²) >= 11 is 0. The van der Waals surface area contributed by atoms with E-state index in [-0.39, 0.29) is 24.3 Å². The van der Waals surface area contributed by atoms with Crippen molar-refractivity contribution in [1.82, 2.24) is 14.8 Å². The minimum Gasteiger partial charge on any atom is -0.476 e. The minimum atomic E-state index is -4.29. The molecule has 2 unspecified atom stereocenters. The van der Waals surface area contributed by atoms with Gasteiger partial charge in [-0.2, -0.15) is 13.2 Å². The molecule has 1 aliphatic carbocycles. The summed E-state index contributed by atoms with van der Waals surface area (Å²) in [5.74, 6) is 0.509. The summed E-state index contributed by atoms with van der Waals surface area (Å²) in [5, 5.41) is 4.28. The van der Waals surface area contributed by atoms with Crippen molar-refractivity contribution in [3.8, 4) is 11.7 Å². The number of piperidine rings is 1. The van der Waals surface area contributed by atoms with Crippen molar-refractivity contribution < 1.29 is 22.7 Å². The molecule has 33 heavy (non-hydrogen) atoms. The van der Waals surface area contributed by atoms with Gasteiger partial charge in [0.25, 0.3) is 5.91 Å². The van der Waals surface area contributed by atoms with Crippen LogP contribution in [0.25, 0.3) is 5.82 Å². The number of carbonyl (C=O) groups excluding carboxylic acids is 1. The maximum atomic E-state index is 13.4. The quantitative estimate of drug-likeness (QED) is 0.641. The van der Waals surface area contributed by atoms with Crippen LogP contribution >= 0.6 is 0 Å². The van der Waals surface area contributed by atoms with E-state index in [2.05, 4.69) is 23.8 Å². The van der Waals surface area contributed by atoms with Gasteiger partial charge in [0.15, 0.2) is 5.82 Å². The lowest BCUT2D eigenvalue weighted by Crippen LogP contribution is -2.48. The van der Waals surface area contributed by atoms with Gasteiger partial charge in [-0.3, -0.25) is 4.79 Å². The molecule has 2 radical (unpaired) electrons. The average Bonchev–Trinajstić information content (AvgIpc) is 3.25. The Morgan fingerprint density at radius 3 is 2.67 bits per heavy atom. The highest BCUT2D eigenvalue weighted by atomic mass is 28.2. The summed E-state index contributed by atoms with van der Waals surface area (Å²) in [7, 11) is 0.936. The number of aromatic nitrogens is 3. The monoisotopic (exact) mass is 477 g/mol. The topological polar surface area (TPSA) is 86.3 Å². The molecule has 5 rings (SSSR count). The van der Waals surface area contributed by atoms with Gasteiger partial charge in [0.1, 0.15) is 17.8 Å². The second kappa shape index (κ2) is 7.47. The third-order valence-electron chi connectivity index (χ3n) is 7.22. The molecule has 2 atom stereocenters. The van der Waals surface area contributed by atoms with Crippen LogP contribution in [0.15, 0.2) is 24.4 Å². The number of ether oxygens (including phenoxy) is 1. The number of primary amides is 1. The first-order chi connectivity index (χ1) is 15.5. The van der Waals surface area contributed by atoms with Crippen molar-refractivity contribution in [1.29, 1.82) is 0 Å². The highest BCUT2D eigenvalue weighted by Crippen LogP contribution is 2.54. The molecule has 2 aliphatic heterocycles. The molecule has 1 saturated carbocycles. The summed E-state index contributed by atoms with van der Waals surface area (Å²) in [6, 6.07) is 4.78. The lowest BCUT2D eigenvalue weighted by Gasteiger charge is -2.44. The van der Waals surface area contributed by atoms with Crippen LogP contribution in [-0.2, 0) is 0 Å². The first-order valence-corrected chi connectivity index (χ1v) is 12.2. The van der Waals surface area contributed by atoms with E-state index >= 15 is 0 Å². The third kappa shape index (κ3) is 3.89. The van der Waals surface area contributed by atoms with E-state index in [1.165, 1.54) is 10.7 Å². The second-order valence-corrected chi connectivity index (χ2v) is 11.7. The van der Waals surface area contributed by atoms with Gasteiger partial charge in [-0.25, -0.2) is 9.67 Å². The Morgan fingerprint density at radius 2 is 2.03 bits per heavy atom. The Balaban J connectivity index is 1.40. The van der Waals surface area contributed by atoms with Gasteiger partial charge in [0, 0.05) is 33.9 Å². The molecular formula is C22H26F3N5O2Si. The molecule has 4 heterocycles. The van der Waals surface area contributed by atoms with E-state index in [1.807, 2.05) is 0 Å². The van der Waals surface area contributed by atoms with Crippen LogP contribution in [0.3, 0.4) is 0 Å². The van der Waals surface area contributed by atoms with Gasteiger partial charge in [0.2, 0.25) is 5.88 Å². The van der Waals surface area contributed by atoms with E-state index in [0.29, 0.717) is 29.2 Å². The Hall–Kier alpha value is -2.56. The Bertz CT molecular complexity index is 1080. The van der Waals surface area contributed by atoms with Crippen molar-refractivity contribution >= 4 is 21.2 Å². The average molecular weight is 478 g/mol. The van der Waals surface area contributed by atoms with Gasteiger partial charge >= 0.3 is 6.18 Å². The van der Waals surface area contributed by atoms with Crippen LogP contribution in [0, 0.1) is 5.41 Å². The van der Waals surface area contributed by atoms with E-state index in [9.17, 15) is 18.0 Å². The van der Waals surface area contributed by atoms with Gasteiger partial charge in [-0.1, -0.05) is 6.42 Å². The first kappa shape index (κ1) is 22.2. The van der Waals surface area contributed by atoms with Crippen LogP contribution in [-0.4, -0.2) is 55.1 Å². The number of fused-ring (bicyclic) bond motifs is 1. The smallest absolute Gasteiger partial charge is 0.397 e. The van der Waals surface area contributed by atoms with Crippen molar-refractivity contribution in [3.63, 3.8) is 0 Å². The summed E-state index contributed by atoms with van der Waals surface area (Å²) in [5.41, 5.74) is 5.40. The molecule has 11 heteroatoms.